The zero-order valence-corrected chi connectivity index (χ0v) is 18.1. The lowest BCUT2D eigenvalue weighted by Gasteiger charge is -2.22. The fourth-order valence-corrected chi connectivity index (χ4v) is 5.48. The molecule has 0 aliphatic carbocycles. The van der Waals surface area contributed by atoms with Crippen molar-refractivity contribution < 1.29 is 9.53 Å². The first kappa shape index (κ1) is 21.3. The second-order valence-electron chi connectivity index (χ2n) is 6.47. The van der Waals surface area contributed by atoms with Crippen LogP contribution in [-0.2, 0) is 11.3 Å². The minimum atomic E-state index is 0.305. The topological polar surface area (TPSA) is 29.5 Å². The van der Waals surface area contributed by atoms with E-state index in [4.69, 9.17) is 4.74 Å². The number of nitrogens with zero attached hydrogens (tertiary/aromatic N) is 1. The molecule has 0 unspecified atom stereocenters. The Morgan fingerprint density at radius 1 is 0.862 bits per heavy atom. The molecule has 0 spiro atoms. The van der Waals surface area contributed by atoms with Crippen molar-refractivity contribution in [2.24, 2.45) is 0 Å². The van der Waals surface area contributed by atoms with Gasteiger partial charge in [0.15, 0.2) is 0 Å². The van der Waals surface area contributed by atoms with Crippen LogP contribution in [0, 0.1) is 0 Å². The van der Waals surface area contributed by atoms with Crippen LogP contribution in [-0.4, -0.2) is 29.5 Å². The van der Waals surface area contributed by atoms with E-state index in [9.17, 15) is 4.79 Å². The van der Waals surface area contributed by atoms with Gasteiger partial charge in [0, 0.05) is 28.4 Å². The van der Waals surface area contributed by atoms with Crippen LogP contribution in [0.25, 0.3) is 0 Å². The summed E-state index contributed by atoms with van der Waals surface area (Å²) in [6.45, 7) is 1.23. The number of methoxy groups -OCH3 is 1. The van der Waals surface area contributed by atoms with E-state index in [0.29, 0.717) is 17.7 Å². The number of carbonyl (C=O) groups excluding carboxylic acids is 1. The van der Waals surface area contributed by atoms with Crippen LogP contribution in [0.15, 0.2) is 94.7 Å². The Bertz CT molecular complexity index is 833. The number of hydrogen-bond acceptors (Lipinski definition) is 4. The maximum atomic E-state index is 11.7. The largest absolute Gasteiger partial charge is 0.496 e. The number of benzene rings is 3. The maximum Gasteiger partial charge on any atom is 0.210 e. The molecule has 5 heteroatoms. The normalized spacial score (nSPS) is 10.7. The smallest absolute Gasteiger partial charge is 0.210 e. The van der Waals surface area contributed by atoms with Gasteiger partial charge in [0.25, 0.3) is 0 Å². The van der Waals surface area contributed by atoms with Gasteiger partial charge < -0.3 is 9.64 Å². The van der Waals surface area contributed by atoms with E-state index in [1.807, 2.05) is 64.8 Å². The molecular formula is C24H25NO2S2. The summed E-state index contributed by atoms with van der Waals surface area (Å²) in [5, 5.41) is 0. The monoisotopic (exact) mass is 423 g/mol. The van der Waals surface area contributed by atoms with Crippen LogP contribution < -0.4 is 4.74 Å². The molecule has 3 aromatic rings. The standard InChI is InChI=1S/C24H25NO2S2/c1-27-23-15-9-8-10-20(23)18-25(19-26)17-16-24(28-21-11-4-2-5-12-21)29-22-13-6-3-7-14-22/h2-15,19,24H,16-18H2,1H3. The van der Waals surface area contributed by atoms with Gasteiger partial charge in [0.2, 0.25) is 6.41 Å². The molecule has 3 rings (SSSR count). The molecular weight excluding hydrogens is 398 g/mol. The van der Waals surface area contributed by atoms with Crippen LogP contribution in [0.3, 0.4) is 0 Å². The molecule has 0 aromatic heterocycles. The highest BCUT2D eigenvalue weighted by molar-refractivity contribution is 8.17. The van der Waals surface area contributed by atoms with Crippen LogP contribution in [0.4, 0.5) is 0 Å². The molecule has 3 nitrogen and oxygen atoms in total. The molecule has 150 valence electrons. The predicted molar refractivity (Wildman–Crippen MR) is 122 cm³/mol. The SMILES string of the molecule is COc1ccccc1CN(C=O)CCC(Sc1ccccc1)Sc1ccccc1. The van der Waals surface area contributed by atoms with Crippen molar-refractivity contribution in [1.29, 1.82) is 0 Å². The van der Waals surface area contributed by atoms with Crippen molar-refractivity contribution in [1.82, 2.24) is 4.90 Å². The predicted octanol–water partition coefficient (Wildman–Crippen LogP) is 5.95. The number of carbonyl (C=O) groups is 1. The van der Waals surface area contributed by atoms with Crippen LogP contribution >= 0.6 is 23.5 Å². The summed E-state index contributed by atoms with van der Waals surface area (Å²) < 4.78 is 5.73. The fourth-order valence-electron chi connectivity index (χ4n) is 2.94. The maximum absolute atomic E-state index is 11.7. The van der Waals surface area contributed by atoms with Gasteiger partial charge >= 0.3 is 0 Å². The minimum absolute atomic E-state index is 0.305. The molecule has 0 aliphatic heterocycles. The van der Waals surface area contributed by atoms with E-state index in [-0.39, 0.29) is 0 Å². The molecule has 3 aromatic carbocycles. The summed E-state index contributed by atoms with van der Waals surface area (Å²) >= 11 is 3.69. The quantitative estimate of drug-likeness (QED) is 0.216. The second-order valence-corrected chi connectivity index (χ2v) is 9.32. The number of para-hydroxylation sites is 1. The molecule has 0 bridgehead atoms. The van der Waals surface area contributed by atoms with E-state index in [2.05, 4.69) is 48.5 Å². The van der Waals surface area contributed by atoms with Gasteiger partial charge in [-0.05, 0) is 36.8 Å². The van der Waals surface area contributed by atoms with Crippen molar-refractivity contribution in [2.75, 3.05) is 13.7 Å². The van der Waals surface area contributed by atoms with Gasteiger partial charge in [-0.2, -0.15) is 0 Å². The van der Waals surface area contributed by atoms with Crippen LogP contribution in [0.1, 0.15) is 12.0 Å². The van der Waals surface area contributed by atoms with Crippen molar-refractivity contribution in [3.63, 3.8) is 0 Å². The van der Waals surface area contributed by atoms with Crippen LogP contribution in [0.2, 0.25) is 0 Å². The molecule has 0 heterocycles. The van der Waals surface area contributed by atoms with Gasteiger partial charge in [0.1, 0.15) is 5.75 Å². The molecule has 1 amide bonds. The number of thioether (sulfide) groups is 2. The summed E-state index contributed by atoms with van der Waals surface area (Å²) in [4.78, 5) is 16.0. The Hall–Kier alpha value is -2.37. The summed E-state index contributed by atoms with van der Waals surface area (Å²) in [7, 11) is 1.66. The highest BCUT2D eigenvalue weighted by Crippen LogP contribution is 2.37. The van der Waals surface area contributed by atoms with Crippen molar-refractivity contribution >= 4 is 29.9 Å². The van der Waals surface area contributed by atoms with Gasteiger partial charge in [0.05, 0.1) is 11.7 Å². The van der Waals surface area contributed by atoms with Gasteiger partial charge in [-0.25, -0.2) is 0 Å². The fraction of sp³-hybridized carbons (Fsp3) is 0.208. The van der Waals surface area contributed by atoms with E-state index in [1.54, 1.807) is 7.11 Å². The van der Waals surface area contributed by atoms with E-state index >= 15 is 0 Å². The number of rotatable bonds is 11. The molecule has 0 aliphatic rings. The summed E-state index contributed by atoms with van der Waals surface area (Å²) in [6, 6.07) is 28.7. The lowest BCUT2D eigenvalue weighted by atomic mass is 10.2. The Kier molecular flexibility index (Phi) is 8.53. The minimum Gasteiger partial charge on any atom is -0.496 e. The number of hydrogen-bond donors (Lipinski definition) is 0. The first-order valence-corrected chi connectivity index (χ1v) is 11.3. The lowest BCUT2D eigenvalue weighted by molar-refractivity contribution is -0.118. The Morgan fingerprint density at radius 3 is 1.97 bits per heavy atom. The van der Waals surface area contributed by atoms with Gasteiger partial charge in [-0.1, -0.05) is 54.6 Å². The Labute approximate surface area is 181 Å². The van der Waals surface area contributed by atoms with Gasteiger partial charge in [-0.3, -0.25) is 4.79 Å². The highest BCUT2D eigenvalue weighted by atomic mass is 32.2. The molecule has 29 heavy (non-hydrogen) atoms. The zero-order chi connectivity index (χ0) is 20.3. The Morgan fingerprint density at radius 2 is 1.41 bits per heavy atom. The molecule has 0 atom stereocenters. The third-order valence-corrected chi connectivity index (χ3v) is 7.05. The number of amides is 1. The first-order valence-electron chi connectivity index (χ1n) is 9.53. The van der Waals surface area contributed by atoms with Crippen molar-refractivity contribution in [2.45, 2.75) is 27.3 Å². The summed E-state index contributed by atoms with van der Waals surface area (Å²) in [6.07, 6.45) is 1.82. The summed E-state index contributed by atoms with van der Waals surface area (Å²) in [5.41, 5.74) is 1.02. The van der Waals surface area contributed by atoms with E-state index < -0.39 is 0 Å². The molecule has 0 N–H and O–H groups in total. The van der Waals surface area contributed by atoms with E-state index in [1.165, 1.54) is 9.79 Å². The third kappa shape index (κ3) is 6.87. The lowest BCUT2D eigenvalue weighted by Crippen LogP contribution is -2.24. The molecule has 0 fully saturated rings. The average molecular weight is 424 g/mol. The molecule has 0 saturated heterocycles. The summed E-state index contributed by atoms with van der Waals surface area (Å²) in [5.74, 6) is 0.813. The average Bonchev–Trinajstić information content (AvgIpc) is 2.78. The second kappa shape index (κ2) is 11.6. The third-order valence-electron chi connectivity index (χ3n) is 4.39. The number of ether oxygens (including phenoxy) is 1. The van der Waals surface area contributed by atoms with Crippen LogP contribution in [0.5, 0.6) is 5.75 Å². The zero-order valence-electron chi connectivity index (χ0n) is 16.4. The Balaban J connectivity index is 1.66. The van der Waals surface area contributed by atoms with E-state index in [0.717, 1.165) is 24.1 Å². The highest BCUT2D eigenvalue weighted by Gasteiger charge is 2.15. The van der Waals surface area contributed by atoms with Crippen molar-refractivity contribution in [3.05, 3.63) is 90.5 Å². The van der Waals surface area contributed by atoms with Gasteiger partial charge in [-0.15, -0.1) is 23.5 Å². The molecule has 0 saturated carbocycles. The molecule has 0 radical (unpaired) electrons. The first-order chi connectivity index (χ1) is 14.3. The van der Waals surface area contributed by atoms with Crippen molar-refractivity contribution in [3.8, 4) is 5.75 Å².